The Labute approximate surface area is 122 Å². The van der Waals surface area contributed by atoms with Crippen LogP contribution in [-0.4, -0.2) is 27.1 Å². The number of ether oxygens (including phenoxy) is 1. The molecule has 0 spiro atoms. The van der Waals surface area contributed by atoms with Crippen molar-refractivity contribution in [3.8, 4) is 11.8 Å². The first-order valence-corrected chi connectivity index (χ1v) is 7.31. The Balaban J connectivity index is 1.69. The highest BCUT2D eigenvalue weighted by molar-refractivity contribution is 7.99. The molecule has 0 aliphatic carbocycles. The van der Waals surface area contributed by atoms with Crippen LogP contribution in [0.2, 0.25) is 0 Å². The molecule has 0 saturated heterocycles. The predicted molar refractivity (Wildman–Crippen MR) is 77.7 cm³/mol. The molecule has 0 N–H and O–H groups in total. The van der Waals surface area contributed by atoms with E-state index in [1.807, 2.05) is 30.7 Å². The van der Waals surface area contributed by atoms with Crippen molar-refractivity contribution in [1.82, 2.24) is 14.8 Å². The van der Waals surface area contributed by atoms with Crippen molar-refractivity contribution in [2.24, 2.45) is 7.05 Å². The molecule has 2 rings (SSSR count). The van der Waals surface area contributed by atoms with Gasteiger partial charge in [0.2, 0.25) is 0 Å². The van der Waals surface area contributed by atoms with Gasteiger partial charge in [-0.3, -0.25) is 0 Å². The lowest BCUT2D eigenvalue weighted by Crippen LogP contribution is -2.00. The number of thioether (sulfide) groups is 1. The molecule has 1 aromatic heterocycles. The summed E-state index contributed by atoms with van der Waals surface area (Å²) in [5.41, 5.74) is 0.644. The van der Waals surface area contributed by atoms with Gasteiger partial charge in [0.15, 0.2) is 5.16 Å². The second-order valence-electron chi connectivity index (χ2n) is 4.28. The minimum atomic E-state index is 0.644. The Morgan fingerprint density at radius 1 is 1.30 bits per heavy atom. The molecule has 6 heteroatoms. The van der Waals surface area contributed by atoms with Crippen LogP contribution in [0.5, 0.6) is 5.75 Å². The maximum Gasteiger partial charge on any atom is 0.190 e. The molecule has 0 amide bonds. The van der Waals surface area contributed by atoms with Gasteiger partial charge < -0.3 is 9.30 Å². The fraction of sp³-hybridized carbons (Fsp3) is 0.357. The number of hydrogen-bond acceptors (Lipinski definition) is 5. The van der Waals surface area contributed by atoms with E-state index in [1.54, 1.807) is 23.9 Å². The molecule has 2 aromatic rings. The number of rotatable bonds is 6. The van der Waals surface area contributed by atoms with Crippen LogP contribution in [0.1, 0.15) is 17.8 Å². The number of nitriles is 1. The van der Waals surface area contributed by atoms with Crippen LogP contribution in [0.25, 0.3) is 0 Å². The smallest absolute Gasteiger partial charge is 0.190 e. The summed E-state index contributed by atoms with van der Waals surface area (Å²) in [6, 6.07) is 9.23. The van der Waals surface area contributed by atoms with Crippen LogP contribution >= 0.6 is 11.8 Å². The van der Waals surface area contributed by atoms with Gasteiger partial charge in [-0.25, -0.2) is 0 Å². The summed E-state index contributed by atoms with van der Waals surface area (Å²) in [6.45, 7) is 2.58. The van der Waals surface area contributed by atoms with Crippen molar-refractivity contribution in [3.05, 3.63) is 35.7 Å². The quantitative estimate of drug-likeness (QED) is 0.604. The van der Waals surface area contributed by atoms with Gasteiger partial charge in [0, 0.05) is 12.8 Å². The van der Waals surface area contributed by atoms with E-state index in [-0.39, 0.29) is 0 Å². The summed E-state index contributed by atoms with van der Waals surface area (Å²) in [5, 5.41) is 17.7. The third-order valence-corrected chi connectivity index (χ3v) is 3.93. The highest BCUT2D eigenvalue weighted by Gasteiger charge is 2.04. The van der Waals surface area contributed by atoms with Crippen LogP contribution in [0.3, 0.4) is 0 Å². The zero-order chi connectivity index (χ0) is 14.4. The standard InChI is InChI=1S/C14H16N4OS/c1-11-16-17-14(18(11)2)20-9-3-8-19-13-6-4-12(10-15)5-7-13/h4-7H,3,8-9H2,1-2H3. The Hall–Kier alpha value is -2.00. The molecule has 5 nitrogen and oxygen atoms in total. The molecule has 0 radical (unpaired) electrons. The lowest BCUT2D eigenvalue weighted by Gasteiger charge is -2.05. The molecule has 0 bridgehead atoms. The molecule has 1 aromatic carbocycles. The van der Waals surface area contributed by atoms with Crippen LogP contribution < -0.4 is 4.74 Å². The summed E-state index contributed by atoms with van der Waals surface area (Å²) in [6.07, 6.45) is 0.927. The van der Waals surface area contributed by atoms with Crippen molar-refractivity contribution in [3.63, 3.8) is 0 Å². The minimum absolute atomic E-state index is 0.644. The highest BCUT2D eigenvalue weighted by atomic mass is 32.2. The number of hydrogen-bond donors (Lipinski definition) is 0. The van der Waals surface area contributed by atoms with E-state index >= 15 is 0 Å². The van der Waals surface area contributed by atoms with Crippen LogP contribution in [-0.2, 0) is 7.05 Å². The van der Waals surface area contributed by atoms with Gasteiger partial charge in [-0.15, -0.1) is 10.2 Å². The van der Waals surface area contributed by atoms with E-state index in [0.717, 1.165) is 28.9 Å². The summed E-state index contributed by atoms with van der Waals surface area (Å²) >= 11 is 1.68. The number of aromatic nitrogens is 3. The van der Waals surface area contributed by atoms with Crippen molar-refractivity contribution < 1.29 is 4.74 Å². The fourth-order valence-electron chi connectivity index (χ4n) is 1.55. The highest BCUT2D eigenvalue weighted by Crippen LogP contribution is 2.17. The number of nitrogens with zero attached hydrogens (tertiary/aromatic N) is 4. The van der Waals surface area contributed by atoms with Crippen LogP contribution in [0, 0.1) is 18.3 Å². The van der Waals surface area contributed by atoms with Gasteiger partial charge in [0.1, 0.15) is 11.6 Å². The molecule has 0 aliphatic rings. The maximum absolute atomic E-state index is 8.70. The topological polar surface area (TPSA) is 63.7 Å². The molecule has 0 atom stereocenters. The third kappa shape index (κ3) is 3.75. The summed E-state index contributed by atoms with van der Waals surface area (Å²) in [5.74, 6) is 2.65. The second-order valence-corrected chi connectivity index (χ2v) is 5.34. The van der Waals surface area contributed by atoms with Gasteiger partial charge in [-0.1, -0.05) is 11.8 Å². The largest absolute Gasteiger partial charge is 0.494 e. The Morgan fingerprint density at radius 2 is 2.05 bits per heavy atom. The molecular formula is C14H16N4OS. The first kappa shape index (κ1) is 14.4. The zero-order valence-corrected chi connectivity index (χ0v) is 12.4. The first-order chi connectivity index (χ1) is 9.70. The molecule has 0 aliphatic heterocycles. The summed E-state index contributed by atoms with van der Waals surface area (Å²) < 4.78 is 7.59. The summed E-state index contributed by atoms with van der Waals surface area (Å²) in [7, 11) is 1.96. The fourth-order valence-corrected chi connectivity index (χ4v) is 2.42. The average Bonchev–Trinajstić information content (AvgIpc) is 2.79. The van der Waals surface area contributed by atoms with Crippen molar-refractivity contribution >= 4 is 11.8 Å². The van der Waals surface area contributed by atoms with E-state index in [4.69, 9.17) is 10.00 Å². The van der Waals surface area contributed by atoms with Crippen molar-refractivity contribution in [1.29, 1.82) is 5.26 Å². The average molecular weight is 288 g/mol. The Morgan fingerprint density at radius 3 is 2.65 bits per heavy atom. The first-order valence-electron chi connectivity index (χ1n) is 6.32. The summed E-state index contributed by atoms with van der Waals surface area (Å²) in [4.78, 5) is 0. The van der Waals surface area contributed by atoms with Gasteiger partial charge >= 0.3 is 0 Å². The lowest BCUT2D eigenvalue weighted by atomic mass is 10.2. The zero-order valence-electron chi connectivity index (χ0n) is 11.5. The second kappa shape index (κ2) is 6.96. The Bertz CT molecular complexity index is 601. The minimum Gasteiger partial charge on any atom is -0.494 e. The SMILES string of the molecule is Cc1nnc(SCCCOc2ccc(C#N)cc2)n1C. The van der Waals surface area contributed by atoms with Crippen molar-refractivity contribution in [2.45, 2.75) is 18.5 Å². The van der Waals surface area contributed by atoms with E-state index in [9.17, 15) is 0 Å². The van der Waals surface area contributed by atoms with E-state index < -0.39 is 0 Å². The molecule has 0 saturated carbocycles. The number of benzene rings is 1. The van der Waals surface area contributed by atoms with Crippen molar-refractivity contribution in [2.75, 3.05) is 12.4 Å². The Kier molecular flexibility index (Phi) is 5.02. The molecule has 104 valence electrons. The number of aryl methyl sites for hydroxylation is 1. The van der Waals surface area contributed by atoms with Gasteiger partial charge in [-0.05, 0) is 37.6 Å². The monoisotopic (exact) mass is 288 g/mol. The van der Waals surface area contributed by atoms with Crippen LogP contribution in [0.4, 0.5) is 0 Å². The van der Waals surface area contributed by atoms with Gasteiger partial charge in [0.05, 0.1) is 18.2 Å². The lowest BCUT2D eigenvalue weighted by molar-refractivity contribution is 0.318. The third-order valence-electron chi connectivity index (χ3n) is 2.82. The van der Waals surface area contributed by atoms with Crippen LogP contribution in [0.15, 0.2) is 29.4 Å². The van der Waals surface area contributed by atoms with E-state index in [1.165, 1.54) is 0 Å². The maximum atomic E-state index is 8.70. The van der Waals surface area contributed by atoms with Gasteiger partial charge in [0.25, 0.3) is 0 Å². The van der Waals surface area contributed by atoms with Gasteiger partial charge in [-0.2, -0.15) is 5.26 Å². The predicted octanol–water partition coefficient (Wildman–Crippen LogP) is 2.56. The molecular weight excluding hydrogens is 272 g/mol. The van der Waals surface area contributed by atoms with E-state index in [2.05, 4.69) is 16.3 Å². The van der Waals surface area contributed by atoms with E-state index in [0.29, 0.717) is 12.2 Å². The molecule has 20 heavy (non-hydrogen) atoms. The molecule has 0 unspecified atom stereocenters. The molecule has 0 fully saturated rings. The molecule has 1 heterocycles. The normalized spacial score (nSPS) is 10.2.